The standard InChI is InChI=1S/C15H12BrFO2/c1-10-4-2-3-5-11(10)9-19-15(18)13-8-12(16)6-7-14(13)17/h2-8H,9H2,1H3. The molecule has 4 heteroatoms. The first-order chi connectivity index (χ1) is 9.08. The van der Waals surface area contributed by atoms with Gasteiger partial charge in [0.05, 0.1) is 5.56 Å². The zero-order valence-electron chi connectivity index (χ0n) is 10.3. The normalized spacial score (nSPS) is 10.3. The van der Waals surface area contributed by atoms with E-state index in [0.717, 1.165) is 11.1 Å². The molecule has 0 aliphatic carbocycles. The second kappa shape index (κ2) is 5.97. The molecule has 0 fully saturated rings. The number of aryl methyl sites for hydroxylation is 1. The highest BCUT2D eigenvalue weighted by molar-refractivity contribution is 9.10. The first kappa shape index (κ1) is 13.7. The fraction of sp³-hybridized carbons (Fsp3) is 0.133. The Morgan fingerprint density at radius 3 is 2.74 bits per heavy atom. The maximum atomic E-state index is 13.5. The van der Waals surface area contributed by atoms with Gasteiger partial charge < -0.3 is 4.74 Å². The molecule has 19 heavy (non-hydrogen) atoms. The lowest BCUT2D eigenvalue weighted by atomic mass is 10.1. The van der Waals surface area contributed by atoms with Gasteiger partial charge in [-0.3, -0.25) is 0 Å². The molecule has 0 aliphatic rings. The van der Waals surface area contributed by atoms with Crippen molar-refractivity contribution in [3.8, 4) is 0 Å². The van der Waals surface area contributed by atoms with E-state index in [1.165, 1.54) is 18.2 Å². The molecule has 0 amide bonds. The van der Waals surface area contributed by atoms with Crippen LogP contribution in [-0.2, 0) is 11.3 Å². The summed E-state index contributed by atoms with van der Waals surface area (Å²) in [5.74, 6) is -1.25. The van der Waals surface area contributed by atoms with Gasteiger partial charge in [0.2, 0.25) is 0 Å². The SMILES string of the molecule is Cc1ccccc1COC(=O)c1cc(Br)ccc1F. The Balaban J connectivity index is 2.10. The van der Waals surface area contributed by atoms with Crippen molar-refractivity contribution < 1.29 is 13.9 Å². The molecule has 2 aromatic rings. The third-order valence-electron chi connectivity index (χ3n) is 2.77. The summed E-state index contributed by atoms with van der Waals surface area (Å²) in [5.41, 5.74) is 1.87. The fourth-order valence-electron chi connectivity index (χ4n) is 1.65. The van der Waals surface area contributed by atoms with Crippen LogP contribution in [0.25, 0.3) is 0 Å². The molecule has 0 saturated heterocycles. The molecule has 2 aromatic carbocycles. The number of benzene rings is 2. The summed E-state index contributed by atoms with van der Waals surface area (Å²) in [6.45, 7) is 2.07. The number of carbonyl (C=O) groups excluding carboxylic acids is 1. The minimum Gasteiger partial charge on any atom is -0.457 e. The predicted molar refractivity (Wildman–Crippen MR) is 74.4 cm³/mol. The van der Waals surface area contributed by atoms with Gasteiger partial charge in [0.25, 0.3) is 0 Å². The van der Waals surface area contributed by atoms with Crippen LogP contribution in [0.1, 0.15) is 21.5 Å². The highest BCUT2D eigenvalue weighted by Gasteiger charge is 2.14. The second-order valence-corrected chi connectivity index (χ2v) is 5.04. The largest absolute Gasteiger partial charge is 0.457 e. The molecule has 0 aromatic heterocycles. The average molecular weight is 323 g/mol. The van der Waals surface area contributed by atoms with E-state index in [1.807, 2.05) is 31.2 Å². The molecule has 0 radical (unpaired) electrons. The lowest BCUT2D eigenvalue weighted by Crippen LogP contribution is -2.08. The second-order valence-electron chi connectivity index (χ2n) is 4.13. The lowest BCUT2D eigenvalue weighted by Gasteiger charge is -2.08. The van der Waals surface area contributed by atoms with Crippen LogP contribution in [0.2, 0.25) is 0 Å². The lowest BCUT2D eigenvalue weighted by molar-refractivity contribution is 0.0466. The maximum absolute atomic E-state index is 13.5. The van der Waals surface area contributed by atoms with Gasteiger partial charge in [0.1, 0.15) is 12.4 Å². The molecule has 0 atom stereocenters. The van der Waals surface area contributed by atoms with Crippen molar-refractivity contribution in [2.45, 2.75) is 13.5 Å². The monoisotopic (exact) mass is 322 g/mol. The number of ether oxygens (including phenoxy) is 1. The van der Waals surface area contributed by atoms with Crippen molar-refractivity contribution in [1.82, 2.24) is 0 Å². The van der Waals surface area contributed by atoms with Crippen LogP contribution in [-0.4, -0.2) is 5.97 Å². The van der Waals surface area contributed by atoms with E-state index in [9.17, 15) is 9.18 Å². The molecule has 0 aliphatic heterocycles. The maximum Gasteiger partial charge on any atom is 0.341 e. The van der Waals surface area contributed by atoms with Gasteiger partial charge in [-0.05, 0) is 36.2 Å². The molecule has 0 spiro atoms. The summed E-state index contributed by atoms with van der Waals surface area (Å²) in [4.78, 5) is 11.8. The van der Waals surface area contributed by atoms with Gasteiger partial charge in [-0.1, -0.05) is 40.2 Å². The van der Waals surface area contributed by atoms with E-state index in [4.69, 9.17) is 4.74 Å². The molecule has 98 valence electrons. The third kappa shape index (κ3) is 3.41. The van der Waals surface area contributed by atoms with Crippen LogP contribution in [0.4, 0.5) is 4.39 Å². The highest BCUT2D eigenvalue weighted by atomic mass is 79.9. The van der Waals surface area contributed by atoms with Gasteiger partial charge in [-0.25, -0.2) is 9.18 Å². The molecule has 0 unspecified atom stereocenters. The summed E-state index contributed by atoms with van der Waals surface area (Å²) in [7, 11) is 0. The van der Waals surface area contributed by atoms with Crippen LogP contribution in [0.5, 0.6) is 0 Å². The van der Waals surface area contributed by atoms with E-state index in [0.29, 0.717) is 4.47 Å². The fourth-order valence-corrected chi connectivity index (χ4v) is 2.01. The van der Waals surface area contributed by atoms with Gasteiger partial charge in [-0.2, -0.15) is 0 Å². The van der Waals surface area contributed by atoms with E-state index in [2.05, 4.69) is 15.9 Å². The molecular formula is C15H12BrFO2. The Labute approximate surface area is 119 Å². The zero-order valence-corrected chi connectivity index (χ0v) is 11.9. The number of halogens is 2. The van der Waals surface area contributed by atoms with E-state index < -0.39 is 11.8 Å². The molecule has 2 nitrogen and oxygen atoms in total. The van der Waals surface area contributed by atoms with E-state index in [-0.39, 0.29) is 12.2 Å². The van der Waals surface area contributed by atoms with Crippen molar-refractivity contribution in [3.05, 3.63) is 69.4 Å². The summed E-state index contributed by atoms with van der Waals surface area (Å²) in [6.07, 6.45) is 0. The van der Waals surface area contributed by atoms with E-state index in [1.54, 1.807) is 0 Å². The zero-order chi connectivity index (χ0) is 13.8. The van der Waals surface area contributed by atoms with Crippen molar-refractivity contribution in [3.63, 3.8) is 0 Å². The topological polar surface area (TPSA) is 26.3 Å². The molecule has 2 rings (SSSR count). The third-order valence-corrected chi connectivity index (χ3v) is 3.26. The average Bonchev–Trinajstić information content (AvgIpc) is 2.40. The summed E-state index contributed by atoms with van der Waals surface area (Å²) < 4.78 is 19.3. The number of hydrogen-bond donors (Lipinski definition) is 0. The van der Waals surface area contributed by atoms with Gasteiger partial charge in [0, 0.05) is 4.47 Å². The van der Waals surface area contributed by atoms with Gasteiger partial charge in [0.15, 0.2) is 0 Å². The van der Waals surface area contributed by atoms with Crippen LogP contribution in [0.15, 0.2) is 46.9 Å². The van der Waals surface area contributed by atoms with Gasteiger partial charge in [-0.15, -0.1) is 0 Å². The minimum absolute atomic E-state index is 0.0667. The first-order valence-electron chi connectivity index (χ1n) is 5.74. The predicted octanol–water partition coefficient (Wildman–Crippen LogP) is 4.25. The molecule has 0 heterocycles. The number of rotatable bonds is 3. The minimum atomic E-state index is -0.665. The van der Waals surface area contributed by atoms with Gasteiger partial charge >= 0.3 is 5.97 Å². The Bertz CT molecular complexity index is 611. The van der Waals surface area contributed by atoms with Crippen molar-refractivity contribution >= 4 is 21.9 Å². The van der Waals surface area contributed by atoms with Crippen LogP contribution in [0, 0.1) is 12.7 Å². The Morgan fingerprint density at radius 1 is 1.26 bits per heavy atom. The summed E-state index contributed by atoms with van der Waals surface area (Å²) in [5, 5.41) is 0. The number of hydrogen-bond acceptors (Lipinski definition) is 2. The Kier molecular flexibility index (Phi) is 4.32. The summed E-state index contributed by atoms with van der Waals surface area (Å²) in [6, 6.07) is 11.8. The van der Waals surface area contributed by atoms with Crippen LogP contribution in [0.3, 0.4) is 0 Å². The number of esters is 1. The summed E-state index contributed by atoms with van der Waals surface area (Å²) >= 11 is 3.20. The van der Waals surface area contributed by atoms with Crippen LogP contribution >= 0.6 is 15.9 Å². The first-order valence-corrected chi connectivity index (χ1v) is 6.54. The van der Waals surface area contributed by atoms with Crippen molar-refractivity contribution in [2.24, 2.45) is 0 Å². The highest BCUT2D eigenvalue weighted by Crippen LogP contribution is 2.17. The van der Waals surface area contributed by atoms with Crippen LogP contribution < -0.4 is 0 Å². The molecular weight excluding hydrogens is 311 g/mol. The van der Waals surface area contributed by atoms with Crippen molar-refractivity contribution in [2.75, 3.05) is 0 Å². The quantitative estimate of drug-likeness (QED) is 0.789. The molecule has 0 N–H and O–H groups in total. The Morgan fingerprint density at radius 2 is 2.00 bits per heavy atom. The van der Waals surface area contributed by atoms with Crippen molar-refractivity contribution in [1.29, 1.82) is 0 Å². The Hall–Kier alpha value is -1.68. The smallest absolute Gasteiger partial charge is 0.341 e. The molecule has 0 saturated carbocycles. The number of carbonyl (C=O) groups is 1. The molecule has 0 bridgehead atoms. The van der Waals surface area contributed by atoms with E-state index >= 15 is 0 Å².